The first-order valence-corrected chi connectivity index (χ1v) is 18.9. The van der Waals surface area contributed by atoms with Gasteiger partial charge in [0, 0.05) is 48.4 Å². The van der Waals surface area contributed by atoms with Crippen LogP contribution in [0.15, 0.2) is 158 Å². The maximum absolute atomic E-state index is 5.37. The third-order valence-corrected chi connectivity index (χ3v) is 12.2. The summed E-state index contributed by atoms with van der Waals surface area (Å²) in [7, 11) is 0. The molecule has 0 saturated carbocycles. The first-order valence-electron chi connectivity index (χ1n) is 18.0. The van der Waals surface area contributed by atoms with Crippen molar-refractivity contribution in [2.45, 2.75) is 19.3 Å². The van der Waals surface area contributed by atoms with Crippen molar-refractivity contribution in [3.63, 3.8) is 0 Å². The van der Waals surface area contributed by atoms with Gasteiger partial charge < -0.3 is 4.57 Å². The molecule has 250 valence electrons. The highest BCUT2D eigenvalue weighted by Crippen LogP contribution is 2.52. The molecule has 1 aliphatic rings. The van der Waals surface area contributed by atoms with Crippen LogP contribution in [0.2, 0.25) is 0 Å². The summed E-state index contributed by atoms with van der Waals surface area (Å²) in [5, 5.41) is 4.87. The lowest BCUT2D eigenvalue weighted by Gasteiger charge is -2.24. The zero-order valence-corrected chi connectivity index (χ0v) is 30.0. The van der Waals surface area contributed by atoms with Crippen molar-refractivity contribution in [1.82, 2.24) is 19.5 Å². The SMILES string of the molecule is CC1(C)c2ccccc2-c2cccc(-c3nc(-c4ccccc4)nc(-c4cccc5sc6c(-n7c8ccccc8c8ccccc87)cccc6c45)n3)c21. The average Bonchev–Trinajstić information content (AvgIpc) is 3.84. The Bertz CT molecular complexity index is 3040. The van der Waals surface area contributed by atoms with Gasteiger partial charge in [0.25, 0.3) is 0 Å². The van der Waals surface area contributed by atoms with Crippen molar-refractivity contribution in [3.8, 4) is 51.0 Å². The lowest BCUT2D eigenvalue weighted by molar-refractivity contribution is 0.661. The molecule has 0 unspecified atom stereocenters. The van der Waals surface area contributed by atoms with Gasteiger partial charge in [0.1, 0.15) is 0 Å². The quantitative estimate of drug-likeness (QED) is 0.184. The van der Waals surface area contributed by atoms with E-state index in [0.717, 1.165) is 22.1 Å². The summed E-state index contributed by atoms with van der Waals surface area (Å²) in [6, 6.07) is 56.2. The standard InChI is InChI=1S/C48H32N4S/c1-48(2)37-24-9-6-17-30(37)33-20-12-23-36(43(33)48)47-50-45(29-15-4-3-5-16-29)49-46(51-47)35-22-14-28-41-42(35)34-21-13-27-40(44(34)53-41)52-38-25-10-7-18-31(38)32-19-8-11-26-39(32)52/h3-28H,1-2H3. The summed E-state index contributed by atoms with van der Waals surface area (Å²) in [5.41, 5.74) is 11.5. The zero-order chi connectivity index (χ0) is 35.3. The molecule has 0 spiro atoms. The van der Waals surface area contributed by atoms with E-state index < -0.39 is 0 Å². The molecular weight excluding hydrogens is 665 g/mol. The Labute approximate surface area is 310 Å². The summed E-state index contributed by atoms with van der Waals surface area (Å²) in [4.78, 5) is 15.8. The van der Waals surface area contributed by atoms with Crippen LogP contribution in [0, 0.1) is 0 Å². The minimum Gasteiger partial charge on any atom is -0.308 e. The van der Waals surface area contributed by atoms with Crippen LogP contribution in [-0.4, -0.2) is 19.5 Å². The van der Waals surface area contributed by atoms with Crippen molar-refractivity contribution in [1.29, 1.82) is 0 Å². The van der Waals surface area contributed by atoms with E-state index in [-0.39, 0.29) is 5.41 Å². The molecule has 3 aromatic heterocycles. The van der Waals surface area contributed by atoms with Gasteiger partial charge in [-0.05, 0) is 46.5 Å². The topological polar surface area (TPSA) is 43.6 Å². The molecule has 0 atom stereocenters. The lowest BCUT2D eigenvalue weighted by Crippen LogP contribution is -2.17. The molecule has 0 radical (unpaired) electrons. The minimum atomic E-state index is -0.213. The van der Waals surface area contributed by atoms with Crippen LogP contribution in [0.4, 0.5) is 0 Å². The maximum Gasteiger partial charge on any atom is 0.164 e. The number of nitrogens with zero attached hydrogens (tertiary/aromatic N) is 4. The Hall–Kier alpha value is -6.43. The highest BCUT2D eigenvalue weighted by atomic mass is 32.1. The molecule has 0 saturated heterocycles. The van der Waals surface area contributed by atoms with Crippen molar-refractivity contribution in [2.75, 3.05) is 0 Å². The van der Waals surface area contributed by atoms with Gasteiger partial charge in [0.05, 0.1) is 21.4 Å². The predicted octanol–water partition coefficient (Wildman–Crippen LogP) is 12.6. The van der Waals surface area contributed by atoms with E-state index >= 15 is 0 Å². The molecule has 53 heavy (non-hydrogen) atoms. The molecule has 0 aliphatic heterocycles. The Balaban J connectivity index is 1.17. The van der Waals surface area contributed by atoms with Crippen molar-refractivity contribution >= 4 is 53.3 Å². The van der Waals surface area contributed by atoms with E-state index in [1.165, 1.54) is 64.5 Å². The number of thiophene rings is 1. The molecule has 0 N–H and O–H groups in total. The van der Waals surface area contributed by atoms with Gasteiger partial charge in [-0.1, -0.05) is 147 Å². The third kappa shape index (κ3) is 4.38. The normalized spacial score (nSPS) is 13.2. The van der Waals surface area contributed by atoms with E-state index in [9.17, 15) is 0 Å². The molecule has 0 bridgehead atoms. The number of aromatic nitrogens is 4. The second-order valence-electron chi connectivity index (χ2n) is 14.4. The second-order valence-corrected chi connectivity index (χ2v) is 15.4. The summed E-state index contributed by atoms with van der Waals surface area (Å²) in [5.74, 6) is 2.03. The van der Waals surface area contributed by atoms with Gasteiger partial charge >= 0.3 is 0 Å². The van der Waals surface area contributed by atoms with E-state index in [0.29, 0.717) is 17.5 Å². The Kier molecular flexibility index (Phi) is 6.43. The van der Waals surface area contributed by atoms with Crippen LogP contribution >= 0.6 is 11.3 Å². The first kappa shape index (κ1) is 30.2. The van der Waals surface area contributed by atoms with E-state index in [2.05, 4.69) is 158 Å². The van der Waals surface area contributed by atoms with Gasteiger partial charge in [-0.2, -0.15) is 0 Å². The van der Waals surface area contributed by atoms with E-state index in [1.807, 2.05) is 29.5 Å². The monoisotopic (exact) mass is 696 g/mol. The molecule has 3 heterocycles. The molecule has 0 fully saturated rings. The highest BCUT2D eigenvalue weighted by molar-refractivity contribution is 7.26. The number of rotatable bonds is 4. The average molecular weight is 697 g/mol. The Morgan fingerprint density at radius 2 is 1.04 bits per heavy atom. The summed E-state index contributed by atoms with van der Waals surface area (Å²) >= 11 is 1.83. The zero-order valence-electron chi connectivity index (χ0n) is 29.2. The number of benzene rings is 7. The number of hydrogen-bond acceptors (Lipinski definition) is 4. The Morgan fingerprint density at radius 1 is 0.472 bits per heavy atom. The number of hydrogen-bond donors (Lipinski definition) is 0. The molecule has 0 amide bonds. The maximum atomic E-state index is 5.37. The molecule has 1 aliphatic carbocycles. The van der Waals surface area contributed by atoms with E-state index in [4.69, 9.17) is 15.0 Å². The molecule has 4 nitrogen and oxygen atoms in total. The van der Waals surface area contributed by atoms with E-state index in [1.54, 1.807) is 0 Å². The van der Waals surface area contributed by atoms with Gasteiger partial charge in [-0.25, -0.2) is 15.0 Å². The number of fused-ring (bicyclic) bond motifs is 9. The van der Waals surface area contributed by atoms with Crippen LogP contribution in [0.5, 0.6) is 0 Å². The fraction of sp³-hybridized carbons (Fsp3) is 0.0625. The summed E-state index contributed by atoms with van der Waals surface area (Å²) < 4.78 is 4.86. The molecule has 10 aromatic rings. The highest BCUT2D eigenvalue weighted by Gasteiger charge is 2.38. The Morgan fingerprint density at radius 3 is 1.83 bits per heavy atom. The predicted molar refractivity (Wildman–Crippen MR) is 221 cm³/mol. The lowest BCUT2D eigenvalue weighted by atomic mass is 9.80. The van der Waals surface area contributed by atoms with Crippen LogP contribution in [0.25, 0.3) is 93.0 Å². The van der Waals surface area contributed by atoms with Crippen molar-refractivity contribution < 1.29 is 0 Å². The fourth-order valence-electron chi connectivity index (χ4n) is 8.74. The van der Waals surface area contributed by atoms with Crippen LogP contribution in [-0.2, 0) is 5.41 Å². The number of para-hydroxylation sites is 2. The fourth-order valence-corrected chi connectivity index (χ4v) is 9.98. The first-order chi connectivity index (χ1) is 26.1. The summed E-state index contributed by atoms with van der Waals surface area (Å²) in [6.07, 6.45) is 0. The third-order valence-electron chi connectivity index (χ3n) is 11.1. The van der Waals surface area contributed by atoms with Crippen molar-refractivity contribution in [2.24, 2.45) is 0 Å². The van der Waals surface area contributed by atoms with Crippen LogP contribution < -0.4 is 0 Å². The molecule has 7 aromatic carbocycles. The van der Waals surface area contributed by atoms with Crippen LogP contribution in [0.1, 0.15) is 25.0 Å². The van der Waals surface area contributed by atoms with Crippen LogP contribution in [0.3, 0.4) is 0 Å². The largest absolute Gasteiger partial charge is 0.308 e. The molecular formula is C48H32N4S. The minimum absolute atomic E-state index is 0.213. The van der Waals surface area contributed by atoms with Gasteiger partial charge in [-0.3, -0.25) is 0 Å². The van der Waals surface area contributed by atoms with Gasteiger partial charge in [0.2, 0.25) is 0 Å². The molecule has 5 heteroatoms. The summed E-state index contributed by atoms with van der Waals surface area (Å²) in [6.45, 7) is 4.63. The van der Waals surface area contributed by atoms with Crippen molar-refractivity contribution in [3.05, 3.63) is 169 Å². The van der Waals surface area contributed by atoms with Gasteiger partial charge in [-0.15, -0.1) is 11.3 Å². The smallest absolute Gasteiger partial charge is 0.164 e. The molecule has 11 rings (SSSR count). The van der Waals surface area contributed by atoms with Gasteiger partial charge in [0.15, 0.2) is 17.5 Å². The second kappa shape index (κ2) is 11.3.